The van der Waals surface area contributed by atoms with Gasteiger partial charge in [-0.1, -0.05) is 13.8 Å². The maximum atomic E-state index is 11.8. The van der Waals surface area contributed by atoms with Crippen LogP contribution in [0.5, 0.6) is 0 Å². The van der Waals surface area contributed by atoms with Crippen LogP contribution in [0.4, 0.5) is 0 Å². The van der Waals surface area contributed by atoms with Crippen molar-refractivity contribution in [1.82, 2.24) is 0 Å². The third kappa shape index (κ3) is 16.5. The van der Waals surface area contributed by atoms with Crippen LogP contribution in [0.15, 0.2) is 0 Å². The molecule has 8 heteroatoms. The highest BCUT2D eigenvalue weighted by molar-refractivity contribution is 5.72. The van der Waals surface area contributed by atoms with Crippen LogP contribution in [0.2, 0.25) is 0 Å². The molecule has 0 bridgehead atoms. The SMILES string of the molecule is CCC(C)C(=O)OC(C)COC(C)COC(C)COC(C)COC(C)COC(C)CO. The van der Waals surface area contributed by atoms with Crippen LogP contribution in [0, 0.1) is 5.92 Å². The third-order valence-electron chi connectivity index (χ3n) is 4.67. The number of ether oxygens (including phenoxy) is 6. The van der Waals surface area contributed by atoms with E-state index in [2.05, 4.69) is 0 Å². The summed E-state index contributed by atoms with van der Waals surface area (Å²) in [6.07, 6.45) is -0.0524. The predicted molar refractivity (Wildman–Crippen MR) is 119 cm³/mol. The second kappa shape index (κ2) is 17.7. The average molecular weight is 451 g/mol. The van der Waals surface area contributed by atoms with Crippen molar-refractivity contribution >= 4 is 5.97 Å². The van der Waals surface area contributed by atoms with E-state index in [-0.39, 0.29) is 55.1 Å². The van der Waals surface area contributed by atoms with Gasteiger partial charge in [-0.25, -0.2) is 0 Å². The van der Waals surface area contributed by atoms with E-state index in [0.29, 0.717) is 33.0 Å². The van der Waals surface area contributed by atoms with Gasteiger partial charge in [0.05, 0.1) is 76.1 Å². The Labute approximate surface area is 188 Å². The number of carbonyl (C=O) groups excluding carboxylic acids is 1. The molecule has 0 saturated carbocycles. The quantitative estimate of drug-likeness (QED) is 0.300. The summed E-state index contributed by atoms with van der Waals surface area (Å²) < 4.78 is 33.8. The highest BCUT2D eigenvalue weighted by Gasteiger charge is 2.17. The monoisotopic (exact) mass is 450 g/mol. The van der Waals surface area contributed by atoms with Crippen molar-refractivity contribution < 1.29 is 38.3 Å². The fourth-order valence-corrected chi connectivity index (χ4v) is 2.26. The zero-order valence-corrected chi connectivity index (χ0v) is 20.8. The molecule has 0 aromatic rings. The highest BCUT2D eigenvalue weighted by Crippen LogP contribution is 2.07. The van der Waals surface area contributed by atoms with Gasteiger partial charge in [0.2, 0.25) is 0 Å². The molecule has 31 heavy (non-hydrogen) atoms. The van der Waals surface area contributed by atoms with E-state index in [4.69, 9.17) is 33.5 Å². The van der Waals surface area contributed by atoms with Gasteiger partial charge in [0, 0.05) is 0 Å². The van der Waals surface area contributed by atoms with Crippen molar-refractivity contribution in [2.45, 2.75) is 98.4 Å². The maximum Gasteiger partial charge on any atom is 0.308 e. The summed E-state index contributed by atoms with van der Waals surface area (Å²) >= 11 is 0. The van der Waals surface area contributed by atoms with Crippen LogP contribution in [0.25, 0.3) is 0 Å². The summed E-state index contributed by atoms with van der Waals surface area (Å²) in [6.45, 7) is 17.3. The fourth-order valence-electron chi connectivity index (χ4n) is 2.26. The first-order valence-electron chi connectivity index (χ1n) is 11.5. The Balaban J connectivity index is 3.87. The molecule has 7 atom stereocenters. The van der Waals surface area contributed by atoms with Crippen LogP contribution in [-0.2, 0) is 33.2 Å². The van der Waals surface area contributed by atoms with Crippen molar-refractivity contribution in [3.63, 3.8) is 0 Å². The lowest BCUT2D eigenvalue weighted by Crippen LogP contribution is -2.30. The van der Waals surface area contributed by atoms with Gasteiger partial charge in [-0.05, 0) is 48.0 Å². The topological polar surface area (TPSA) is 92.7 Å². The molecule has 7 unspecified atom stereocenters. The van der Waals surface area contributed by atoms with Crippen molar-refractivity contribution in [1.29, 1.82) is 0 Å². The molecule has 0 aromatic carbocycles. The van der Waals surface area contributed by atoms with Crippen molar-refractivity contribution in [3.8, 4) is 0 Å². The fraction of sp³-hybridized carbons (Fsp3) is 0.957. The van der Waals surface area contributed by atoms with Crippen molar-refractivity contribution in [2.24, 2.45) is 5.92 Å². The Morgan fingerprint density at radius 1 is 0.613 bits per heavy atom. The molecule has 0 aliphatic rings. The first kappa shape index (κ1) is 30.2. The number of hydrogen-bond donors (Lipinski definition) is 1. The minimum absolute atomic E-state index is 0.00149. The van der Waals surface area contributed by atoms with Crippen LogP contribution >= 0.6 is 0 Å². The Morgan fingerprint density at radius 2 is 0.935 bits per heavy atom. The minimum Gasteiger partial charge on any atom is -0.460 e. The number of esters is 1. The summed E-state index contributed by atoms with van der Waals surface area (Å²) in [5.74, 6) is -0.281. The molecule has 0 aromatic heterocycles. The van der Waals surface area contributed by atoms with E-state index < -0.39 is 0 Å². The Bertz CT molecular complexity index is 447. The van der Waals surface area contributed by atoms with Crippen molar-refractivity contribution in [3.05, 3.63) is 0 Å². The number of hydrogen-bond acceptors (Lipinski definition) is 8. The second-order valence-electron chi connectivity index (χ2n) is 8.46. The zero-order chi connectivity index (χ0) is 23.8. The molecular formula is C23H46O8. The van der Waals surface area contributed by atoms with E-state index in [1.807, 2.05) is 55.4 Å². The summed E-state index contributed by atoms with van der Waals surface area (Å²) in [6, 6.07) is 0. The molecule has 0 saturated heterocycles. The van der Waals surface area contributed by atoms with E-state index in [0.717, 1.165) is 6.42 Å². The van der Waals surface area contributed by atoms with E-state index in [1.54, 1.807) is 0 Å². The smallest absolute Gasteiger partial charge is 0.308 e. The van der Waals surface area contributed by atoms with Gasteiger partial charge in [0.15, 0.2) is 0 Å². The molecule has 0 amide bonds. The molecule has 1 N–H and O–H groups in total. The third-order valence-corrected chi connectivity index (χ3v) is 4.67. The molecule has 0 spiro atoms. The first-order chi connectivity index (χ1) is 14.6. The molecule has 0 heterocycles. The number of carbonyl (C=O) groups is 1. The first-order valence-corrected chi connectivity index (χ1v) is 11.5. The molecule has 8 nitrogen and oxygen atoms in total. The summed E-state index contributed by atoms with van der Waals surface area (Å²) in [4.78, 5) is 11.8. The Morgan fingerprint density at radius 3 is 1.26 bits per heavy atom. The summed E-state index contributed by atoms with van der Waals surface area (Å²) in [5.41, 5.74) is 0. The lowest BCUT2D eigenvalue weighted by Gasteiger charge is -2.22. The van der Waals surface area contributed by atoms with Crippen LogP contribution in [0.1, 0.15) is 61.8 Å². The molecule has 0 aliphatic carbocycles. The van der Waals surface area contributed by atoms with Crippen LogP contribution in [-0.4, -0.2) is 87.3 Å². The molecule has 186 valence electrons. The van der Waals surface area contributed by atoms with Gasteiger partial charge in [-0.3, -0.25) is 4.79 Å². The van der Waals surface area contributed by atoms with Gasteiger partial charge >= 0.3 is 5.97 Å². The maximum absolute atomic E-state index is 11.8. The van der Waals surface area contributed by atoms with Crippen LogP contribution < -0.4 is 0 Å². The number of rotatable bonds is 19. The number of aliphatic hydroxyl groups is 1. The second-order valence-corrected chi connectivity index (χ2v) is 8.46. The Hall–Kier alpha value is -0.770. The lowest BCUT2D eigenvalue weighted by atomic mass is 10.1. The summed E-state index contributed by atoms with van der Waals surface area (Å²) in [5, 5.41) is 8.95. The highest BCUT2D eigenvalue weighted by atomic mass is 16.6. The van der Waals surface area contributed by atoms with Gasteiger partial charge in [0.25, 0.3) is 0 Å². The lowest BCUT2D eigenvalue weighted by molar-refractivity contribution is -0.157. The molecule has 0 fully saturated rings. The molecule has 0 aliphatic heterocycles. The van der Waals surface area contributed by atoms with E-state index >= 15 is 0 Å². The molecule has 0 radical (unpaired) electrons. The average Bonchev–Trinajstić information content (AvgIpc) is 2.75. The summed E-state index contributed by atoms with van der Waals surface area (Å²) in [7, 11) is 0. The van der Waals surface area contributed by atoms with E-state index in [9.17, 15) is 4.79 Å². The zero-order valence-electron chi connectivity index (χ0n) is 20.8. The minimum atomic E-state index is -0.287. The largest absolute Gasteiger partial charge is 0.460 e. The van der Waals surface area contributed by atoms with Crippen LogP contribution in [0.3, 0.4) is 0 Å². The normalized spacial score (nSPS) is 18.6. The van der Waals surface area contributed by atoms with Gasteiger partial charge in [-0.2, -0.15) is 0 Å². The van der Waals surface area contributed by atoms with Gasteiger partial charge < -0.3 is 33.5 Å². The Kier molecular flexibility index (Phi) is 17.3. The van der Waals surface area contributed by atoms with Gasteiger partial charge in [-0.15, -0.1) is 0 Å². The molecular weight excluding hydrogens is 404 g/mol. The van der Waals surface area contributed by atoms with Gasteiger partial charge in [0.1, 0.15) is 6.10 Å². The van der Waals surface area contributed by atoms with E-state index in [1.165, 1.54) is 0 Å². The number of aliphatic hydroxyl groups excluding tert-OH is 1. The van der Waals surface area contributed by atoms with Crippen molar-refractivity contribution in [2.75, 3.05) is 39.6 Å². The predicted octanol–water partition coefficient (Wildman–Crippen LogP) is 2.98. The molecule has 0 rings (SSSR count). The standard InChI is InChI=1S/C23H46O8/c1-9-16(2)23(25)31-22(8)15-30-21(7)14-29-20(6)13-28-19(5)12-27-18(4)11-26-17(3)10-24/h16-22,24H,9-15H2,1-8H3.